The van der Waals surface area contributed by atoms with Crippen LogP contribution in [0.5, 0.6) is 5.75 Å². The third kappa shape index (κ3) is 5.39. The topological polar surface area (TPSA) is 38.8 Å². The summed E-state index contributed by atoms with van der Waals surface area (Å²) in [5, 5.41) is 0. The van der Waals surface area contributed by atoms with Gasteiger partial charge in [0.15, 0.2) is 0 Å². The fraction of sp³-hybridized carbons (Fsp3) is 0.526. The highest BCUT2D eigenvalue weighted by Gasteiger charge is 2.18. The van der Waals surface area contributed by atoms with E-state index in [0.29, 0.717) is 24.0 Å². The van der Waals surface area contributed by atoms with Crippen LogP contribution in [-0.2, 0) is 4.74 Å². The molecule has 0 saturated carbocycles. The van der Waals surface area contributed by atoms with E-state index in [-0.39, 0.29) is 5.91 Å². The second-order valence-electron chi connectivity index (χ2n) is 6.25. The summed E-state index contributed by atoms with van der Waals surface area (Å²) in [6.07, 6.45) is 4.67. The normalized spacial score (nSPS) is 17.0. The van der Waals surface area contributed by atoms with Gasteiger partial charge in [-0.3, -0.25) is 4.79 Å². The molecular weight excluding hydrogens is 290 g/mol. The van der Waals surface area contributed by atoms with Crippen LogP contribution >= 0.6 is 0 Å². The monoisotopic (exact) mass is 317 g/mol. The molecular formula is C19H27NO3. The van der Waals surface area contributed by atoms with E-state index in [1.165, 1.54) is 0 Å². The zero-order chi connectivity index (χ0) is 16.7. The minimum absolute atomic E-state index is 0.00495. The van der Waals surface area contributed by atoms with Gasteiger partial charge in [-0.2, -0.15) is 0 Å². The highest BCUT2D eigenvalue weighted by molar-refractivity contribution is 5.96. The van der Waals surface area contributed by atoms with Gasteiger partial charge in [0, 0.05) is 20.2 Å². The second kappa shape index (κ2) is 8.73. The molecule has 1 heterocycles. The first kappa shape index (κ1) is 17.5. The number of benzene rings is 1. The molecule has 2 rings (SSSR count). The van der Waals surface area contributed by atoms with Crippen molar-refractivity contribution >= 4 is 5.91 Å². The number of amides is 1. The molecule has 1 amide bonds. The van der Waals surface area contributed by atoms with Crippen molar-refractivity contribution in [3.05, 3.63) is 42.0 Å². The molecule has 0 aliphatic carbocycles. The Labute approximate surface area is 139 Å². The molecule has 1 aromatic rings. The van der Waals surface area contributed by atoms with Crippen molar-refractivity contribution in [1.29, 1.82) is 0 Å². The van der Waals surface area contributed by atoms with Crippen LogP contribution in [-0.4, -0.2) is 43.7 Å². The van der Waals surface area contributed by atoms with Crippen LogP contribution in [0.2, 0.25) is 0 Å². The zero-order valence-electron chi connectivity index (χ0n) is 14.2. The Balaban J connectivity index is 1.88. The maximum absolute atomic E-state index is 12.6. The van der Waals surface area contributed by atoms with Gasteiger partial charge in [0.05, 0.1) is 11.7 Å². The maximum Gasteiger partial charge on any atom is 0.257 e. The van der Waals surface area contributed by atoms with Gasteiger partial charge in [0.2, 0.25) is 0 Å². The predicted octanol–water partition coefficient (Wildman–Crippen LogP) is 3.67. The van der Waals surface area contributed by atoms with Gasteiger partial charge in [-0.05, 0) is 50.3 Å². The van der Waals surface area contributed by atoms with Crippen molar-refractivity contribution < 1.29 is 14.3 Å². The van der Waals surface area contributed by atoms with Crippen LogP contribution in [0.3, 0.4) is 0 Å². The molecule has 4 nitrogen and oxygen atoms in total. The summed E-state index contributed by atoms with van der Waals surface area (Å²) in [5.41, 5.74) is 1.53. The second-order valence-corrected chi connectivity index (χ2v) is 6.25. The third-order valence-corrected chi connectivity index (χ3v) is 3.98. The number of hydrogen-bond acceptors (Lipinski definition) is 3. The molecule has 1 aliphatic heterocycles. The van der Waals surface area contributed by atoms with Crippen LogP contribution in [0.25, 0.3) is 0 Å². The fourth-order valence-electron chi connectivity index (χ4n) is 2.71. The Bertz CT molecular complexity index is 535. The van der Waals surface area contributed by atoms with E-state index >= 15 is 0 Å². The number of para-hydroxylation sites is 1. The van der Waals surface area contributed by atoms with Crippen LogP contribution < -0.4 is 4.74 Å². The molecule has 1 aromatic carbocycles. The molecule has 0 aromatic heterocycles. The molecule has 4 heteroatoms. The van der Waals surface area contributed by atoms with Crippen molar-refractivity contribution in [2.24, 2.45) is 0 Å². The van der Waals surface area contributed by atoms with E-state index in [1.54, 1.807) is 4.90 Å². The SMILES string of the molecule is C=C(C)COc1ccccc1C(=O)N(C)CCC[C@@H]1CCCO1. The Morgan fingerprint density at radius 2 is 2.22 bits per heavy atom. The average molecular weight is 317 g/mol. The van der Waals surface area contributed by atoms with Crippen molar-refractivity contribution in [3.63, 3.8) is 0 Å². The van der Waals surface area contributed by atoms with Gasteiger partial charge in [-0.25, -0.2) is 0 Å². The van der Waals surface area contributed by atoms with Gasteiger partial charge in [0.25, 0.3) is 5.91 Å². The van der Waals surface area contributed by atoms with Gasteiger partial charge < -0.3 is 14.4 Å². The van der Waals surface area contributed by atoms with Crippen molar-refractivity contribution in [2.75, 3.05) is 26.8 Å². The molecule has 0 unspecified atom stereocenters. The summed E-state index contributed by atoms with van der Waals surface area (Å²) in [5.74, 6) is 0.612. The molecule has 0 radical (unpaired) electrons. The Morgan fingerprint density at radius 3 is 2.91 bits per heavy atom. The maximum atomic E-state index is 12.6. The lowest BCUT2D eigenvalue weighted by Crippen LogP contribution is -2.28. The van der Waals surface area contributed by atoms with E-state index in [9.17, 15) is 4.79 Å². The first-order valence-corrected chi connectivity index (χ1v) is 8.31. The van der Waals surface area contributed by atoms with E-state index < -0.39 is 0 Å². The molecule has 1 fully saturated rings. The molecule has 1 atom stereocenters. The van der Waals surface area contributed by atoms with E-state index in [2.05, 4.69) is 6.58 Å². The van der Waals surface area contributed by atoms with E-state index in [1.807, 2.05) is 38.2 Å². The first-order chi connectivity index (χ1) is 11.1. The summed E-state index contributed by atoms with van der Waals surface area (Å²) in [4.78, 5) is 14.4. The summed E-state index contributed by atoms with van der Waals surface area (Å²) in [7, 11) is 1.84. The van der Waals surface area contributed by atoms with Crippen LogP contribution in [0.15, 0.2) is 36.4 Å². The molecule has 0 N–H and O–H groups in total. The van der Waals surface area contributed by atoms with E-state index in [0.717, 1.165) is 44.4 Å². The molecule has 1 saturated heterocycles. The van der Waals surface area contributed by atoms with Crippen LogP contribution in [0.1, 0.15) is 43.0 Å². The van der Waals surface area contributed by atoms with Crippen molar-refractivity contribution in [3.8, 4) is 5.75 Å². The summed E-state index contributed by atoms with van der Waals surface area (Å²) >= 11 is 0. The summed E-state index contributed by atoms with van der Waals surface area (Å²) < 4.78 is 11.3. The Kier molecular flexibility index (Phi) is 6.66. The number of ether oxygens (including phenoxy) is 2. The molecule has 0 bridgehead atoms. The Hall–Kier alpha value is -1.81. The quantitative estimate of drug-likeness (QED) is 0.687. The number of carbonyl (C=O) groups is 1. The lowest BCUT2D eigenvalue weighted by Gasteiger charge is -2.20. The minimum Gasteiger partial charge on any atom is -0.488 e. The Morgan fingerprint density at radius 1 is 1.43 bits per heavy atom. The van der Waals surface area contributed by atoms with Crippen LogP contribution in [0.4, 0.5) is 0 Å². The highest BCUT2D eigenvalue weighted by Crippen LogP contribution is 2.21. The van der Waals surface area contributed by atoms with E-state index in [4.69, 9.17) is 9.47 Å². The minimum atomic E-state index is -0.00495. The van der Waals surface area contributed by atoms with Gasteiger partial charge in [0.1, 0.15) is 12.4 Å². The predicted molar refractivity (Wildman–Crippen MR) is 91.9 cm³/mol. The van der Waals surface area contributed by atoms with Crippen molar-refractivity contribution in [2.45, 2.75) is 38.7 Å². The lowest BCUT2D eigenvalue weighted by molar-refractivity contribution is 0.0759. The largest absolute Gasteiger partial charge is 0.488 e. The number of nitrogens with zero attached hydrogens (tertiary/aromatic N) is 1. The fourth-order valence-corrected chi connectivity index (χ4v) is 2.71. The van der Waals surface area contributed by atoms with Gasteiger partial charge in [-0.1, -0.05) is 18.7 Å². The zero-order valence-corrected chi connectivity index (χ0v) is 14.2. The molecule has 126 valence electrons. The summed E-state index contributed by atoms with van der Waals surface area (Å²) in [6, 6.07) is 7.38. The van der Waals surface area contributed by atoms with Crippen molar-refractivity contribution in [1.82, 2.24) is 4.90 Å². The van der Waals surface area contributed by atoms with Crippen LogP contribution in [0, 0.1) is 0 Å². The first-order valence-electron chi connectivity index (χ1n) is 8.31. The smallest absolute Gasteiger partial charge is 0.257 e. The standard InChI is InChI=1S/C19H27NO3/c1-15(2)14-23-18-11-5-4-10-17(18)19(21)20(3)12-6-8-16-9-7-13-22-16/h4-5,10-11,16H,1,6-9,12-14H2,2-3H3/t16-/m1/s1. The molecule has 1 aliphatic rings. The lowest BCUT2D eigenvalue weighted by atomic mass is 10.1. The molecule has 23 heavy (non-hydrogen) atoms. The summed E-state index contributed by atoms with van der Waals surface area (Å²) in [6.45, 7) is 7.77. The van der Waals surface area contributed by atoms with Gasteiger partial charge in [-0.15, -0.1) is 0 Å². The number of hydrogen-bond donors (Lipinski definition) is 0. The third-order valence-electron chi connectivity index (χ3n) is 3.98. The number of carbonyl (C=O) groups excluding carboxylic acids is 1. The number of rotatable bonds is 8. The highest BCUT2D eigenvalue weighted by atomic mass is 16.5. The average Bonchev–Trinajstić information content (AvgIpc) is 3.05. The molecule has 0 spiro atoms. The van der Waals surface area contributed by atoms with Gasteiger partial charge >= 0.3 is 0 Å².